The summed E-state index contributed by atoms with van der Waals surface area (Å²) in [5.41, 5.74) is -1.57. The van der Waals surface area contributed by atoms with Gasteiger partial charge in [0.1, 0.15) is 17.9 Å². The lowest BCUT2D eigenvalue weighted by Crippen LogP contribution is -2.43. The first-order valence-electron chi connectivity index (χ1n) is 7.19. The van der Waals surface area contributed by atoms with E-state index in [1.54, 1.807) is 0 Å². The first kappa shape index (κ1) is 17.1. The fraction of sp³-hybridized carbons (Fsp3) is 0.267. The van der Waals surface area contributed by atoms with Crippen LogP contribution in [0.15, 0.2) is 18.7 Å². The Kier molecular flexibility index (Phi) is 4.27. The normalized spacial score (nSPS) is 17.2. The molecule has 0 spiro atoms. The number of imidazole rings is 1. The highest BCUT2D eigenvalue weighted by Gasteiger charge is 2.39. The van der Waals surface area contributed by atoms with E-state index in [2.05, 4.69) is 4.98 Å². The lowest BCUT2D eigenvalue weighted by molar-refractivity contribution is 0.0625. The molecule has 1 atom stereocenters. The Balaban J connectivity index is 2.00. The van der Waals surface area contributed by atoms with E-state index in [4.69, 9.17) is 0 Å². The molecule has 132 valence electrons. The van der Waals surface area contributed by atoms with Gasteiger partial charge in [-0.25, -0.2) is 26.9 Å². The number of carbonyl (C=O) groups is 2. The van der Waals surface area contributed by atoms with Crippen LogP contribution in [-0.2, 0) is 0 Å². The lowest BCUT2D eigenvalue weighted by atomic mass is 10.1. The van der Waals surface area contributed by atoms with Gasteiger partial charge in [0.15, 0.2) is 23.3 Å². The number of rotatable bonds is 2. The molecule has 0 N–H and O–H groups in total. The summed E-state index contributed by atoms with van der Waals surface area (Å²) >= 11 is 0. The van der Waals surface area contributed by atoms with E-state index in [0.717, 1.165) is 9.47 Å². The molecule has 1 aromatic heterocycles. The smallest absolute Gasteiger partial charge is 0.260 e. The van der Waals surface area contributed by atoms with Gasteiger partial charge in [0.05, 0.1) is 0 Å². The van der Waals surface area contributed by atoms with E-state index in [1.165, 1.54) is 18.7 Å². The van der Waals surface area contributed by atoms with Crippen molar-refractivity contribution in [3.8, 4) is 0 Å². The number of benzene rings is 1. The Labute approximate surface area is 137 Å². The first-order valence-corrected chi connectivity index (χ1v) is 7.19. The van der Waals surface area contributed by atoms with Gasteiger partial charge in [-0.05, 0) is 12.8 Å². The highest BCUT2D eigenvalue weighted by atomic mass is 19.2. The number of hydrogen-bond acceptors (Lipinski definition) is 3. The Morgan fingerprint density at radius 3 is 2.16 bits per heavy atom. The predicted molar refractivity (Wildman–Crippen MR) is 73.1 cm³/mol. The van der Waals surface area contributed by atoms with Crippen LogP contribution in [0.3, 0.4) is 0 Å². The van der Waals surface area contributed by atoms with Gasteiger partial charge in [-0.15, -0.1) is 0 Å². The van der Waals surface area contributed by atoms with Gasteiger partial charge in [0, 0.05) is 18.9 Å². The minimum Gasteiger partial charge on any atom is -0.326 e. The standard InChI is InChI=1S/C15H10F5N3O2/c16-9-8(10(17)12(19)13(20)11(9)18)15(25)23-4-1-2-7(23)14(24)22-5-3-21-6-22/h3,5-7H,1-2,4H2/t7-/m0/s1. The van der Waals surface area contributed by atoms with Crippen molar-refractivity contribution in [3.63, 3.8) is 0 Å². The molecule has 0 unspecified atom stereocenters. The Bertz CT molecular complexity index is 824. The van der Waals surface area contributed by atoms with Crippen LogP contribution in [0.1, 0.15) is 28.0 Å². The van der Waals surface area contributed by atoms with Crippen LogP contribution >= 0.6 is 0 Å². The van der Waals surface area contributed by atoms with Crippen molar-refractivity contribution in [2.45, 2.75) is 18.9 Å². The third-order valence-electron chi connectivity index (χ3n) is 3.98. The molecule has 1 aliphatic rings. The summed E-state index contributed by atoms with van der Waals surface area (Å²) in [4.78, 5) is 29.2. The zero-order chi connectivity index (χ0) is 18.3. The third-order valence-corrected chi connectivity index (χ3v) is 3.98. The van der Waals surface area contributed by atoms with Crippen LogP contribution in [0.5, 0.6) is 0 Å². The van der Waals surface area contributed by atoms with Crippen LogP contribution in [0.4, 0.5) is 22.0 Å². The van der Waals surface area contributed by atoms with Crippen LogP contribution in [-0.4, -0.2) is 38.9 Å². The number of amides is 1. The van der Waals surface area contributed by atoms with E-state index in [0.29, 0.717) is 6.42 Å². The van der Waals surface area contributed by atoms with Gasteiger partial charge in [0.2, 0.25) is 5.82 Å². The molecule has 1 saturated heterocycles. The minimum atomic E-state index is -2.35. The maximum absolute atomic E-state index is 13.8. The highest BCUT2D eigenvalue weighted by Crippen LogP contribution is 2.27. The third kappa shape index (κ3) is 2.67. The Morgan fingerprint density at radius 2 is 1.60 bits per heavy atom. The van der Waals surface area contributed by atoms with E-state index < -0.39 is 52.5 Å². The SMILES string of the molecule is O=C(c1c(F)c(F)c(F)c(F)c1F)N1CCC[C@H]1C(=O)n1ccnc1. The van der Waals surface area contributed by atoms with Crippen molar-refractivity contribution < 1.29 is 31.5 Å². The molecule has 2 heterocycles. The zero-order valence-corrected chi connectivity index (χ0v) is 12.5. The summed E-state index contributed by atoms with van der Waals surface area (Å²) in [7, 11) is 0. The van der Waals surface area contributed by atoms with Gasteiger partial charge in [-0.3, -0.25) is 14.2 Å². The summed E-state index contributed by atoms with van der Waals surface area (Å²) in [6.45, 7) is -0.0522. The Morgan fingerprint density at radius 1 is 1.00 bits per heavy atom. The molecule has 3 rings (SSSR count). The molecule has 5 nitrogen and oxygen atoms in total. The predicted octanol–water partition coefficient (Wildman–Crippen LogP) is 2.52. The number of carbonyl (C=O) groups excluding carboxylic acids is 2. The molecule has 0 saturated carbocycles. The summed E-state index contributed by atoms with van der Waals surface area (Å²) in [6.07, 6.45) is 4.36. The van der Waals surface area contributed by atoms with Crippen molar-refractivity contribution in [3.05, 3.63) is 53.4 Å². The molecular formula is C15H10F5N3O2. The van der Waals surface area contributed by atoms with Gasteiger partial charge in [-0.2, -0.15) is 0 Å². The van der Waals surface area contributed by atoms with Crippen molar-refractivity contribution in [2.24, 2.45) is 0 Å². The van der Waals surface area contributed by atoms with Crippen LogP contribution in [0.25, 0.3) is 0 Å². The highest BCUT2D eigenvalue weighted by molar-refractivity contribution is 5.98. The quantitative estimate of drug-likeness (QED) is 0.470. The molecular weight excluding hydrogens is 349 g/mol. The van der Waals surface area contributed by atoms with Crippen LogP contribution < -0.4 is 0 Å². The second-order valence-corrected chi connectivity index (χ2v) is 5.41. The van der Waals surface area contributed by atoms with E-state index in [-0.39, 0.29) is 13.0 Å². The average molecular weight is 359 g/mol. The molecule has 1 fully saturated rings. The number of halogens is 5. The Hall–Kier alpha value is -2.78. The molecule has 2 aromatic rings. The van der Waals surface area contributed by atoms with E-state index >= 15 is 0 Å². The summed E-state index contributed by atoms with van der Waals surface area (Å²) in [5.74, 6) is -13.2. The van der Waals surface area contributed by atoms with Crippen molar-refractivity contribution in [2.75, 3.05) is 6.54 Å². The van der Waals surface area contributed by atoms with Crippen LogP contribution in [0, 0.1) is 29.1 Å². The minimum absolute atomic E-state index is 0.0522. The molecule has 0 aliphatic carbocycles. The monoisotopic (exact) mass is 359 g/mol. The summed E-state index contributed by atoms with van der Waals surface area (Å²) in [6, 6.07) is -1.09. The molecule has 10 heteroatoms. The number of hydrogen-bond donors (Lipinski definition) is 0. The number of aromatic nitrogens is 2. The fourth-order valence-corrected chi connectivity index (χ4v) is 2.76. The molecule has 25 heavy (non-hydrogen) atoms. The van der Waals surface area contributed by atoms with Crippen molar-refractivity contribution >= 4 is 11.8 Å². The van der Waals surface area contributed by atoms with E-state index in [9.17, 15) is 31.5 Å². The average Bonchev–Trinajstić information content (AvgIpc) is 3.28. The maximum Gasteiger partial charge on any atom is 0.260 e. The largest absolute Gasteiger partial charge is 0.326 e. The molecule has 0 radical (unpaired) electrons. The van der Waals surface area contributed by atoms with Crippen molar-refractivity contribution in [1.29, 1.82) is 0 Å². The van der Waals surface area contributed by atoms with Gasteiger partial charge >= 0.3 is 0 Å². The lowest BCUT2D eigenvalue weighted by Gasteiger charge is -2.24. The maximum atomic E-state index is 13.8. The van der Waals surface area contributed by atoms with Gasteiger partial charge in [-0.1, -0.05) is 0 Å². The fourth-order valence-electron chi connectivity index (χ4n) is 2.76. The number of likely N-dealkylation sites (tertiary alicyclic amines) is 1. The zero-order valence-electron chi connectivity index (χ0n) is 12.5. The molecule has 1 aromatic carbocycles. The summed E-state index contributed by atoms with van der Waals surface area (Å²) < 4.78 is 68.5. The number of nitrogens with zero attached hydrogens (tertiary/aromatic N) is 3. The molecule has 0 bridgehead atoms. The topological polar surface area (TPSA) is 55.2 Å². The van der Waals surface area contributed by atoms with Crippen LogP contribution in [0.2, 0.25) is 0 Å². The second-order valence-electron chi connectivity index (χ2n) is 5.41. The summed E-state index contributed by atoms with van der Waals surface area (Å²) in [5, 5.41) is 0. The van der Waals surface area contributed by atoms with Gasteiger partial charge < -0.3 is 4.90 Å². The molecule has 1 amide bonds. The van der Waals surface area contributed by atoms with Gasteiger partial charge in [0.25, 0.3) is 11.8 Å². The van der Waals surface area contributed by atoms with E-state index in [1.807, 2.05) is 0 Å². The molecule has 1 aliphatic heterocycles. The van der Waals surface area contributed by atoms with Crippen molar-refractivity contribution in [1.82, 2.24) is 14.5 Å². The second kappa shape index (κ2) is 6.26. The first-order chi connectivity index (χ1) is 11.8.